The number of nitrogens with one attached hydrogen (secondary N) is 3. The number of aromatic nitrogens is 4. The number of carbonyl (C=O) groups is 4. The molecule has 1 saturated carbocycles. The molecular formula is C45H48N8O4. The molecule has 5 aromatic rings. The standard InChI is InChI=1S/C45H48N8O4/c1-51-21-10-14-37(51)36-23-31-26-46-40(25-35(31)47-36)48-43(55)30-17-18-33-39(24-30)53(50-42(33)29-15-16-29)22-8-6-4-2-3-5-7-11-28-12-9-13-32-34(28)27-52(45(32)57)38-19-20-41(54)49-44(38)56/h9,12-13,17-18,23-26,29,37-38,47H,2-6,8,10,14-16,19-22,27H2,1H3,(H,46,48,55)(H,49,54,56)/t37-,38?/m1/s1. The first kappa shape index (κ1) is 36.8. The van der Waals surface area contributed by atoms with Crippen LogP contribution in [0.2, 0.25) is 0 Å². The van der Waals surface area contributed by atoms with Gasteiger partial charge in [0.15, 0.2) is 0 Å². The van der Waals surface area contributed by atoms with Gasteiger partial charge in [0, 0.05) is 83.3 Å². The maximum Gasteiger partial charge on any atom is 0.256 e. The summed E-state index contributed by atoms with van der Waals surface area (Å²) in [6.07, 6.45) is 13.1. The van der Waals surface area contributed by atoms with Gasteiger partial charge in [0.1, 0.15) is 11.9 Å². The van der Waals surface area contributed by atoms with Crippen LogP contribution in [-0.4, -0.2) is 72.8 Å². The summed E-state index contributed by atoms with van der Waals surface area (Å²) in [5.41, 5.74) is 7.18. The highest BCUT2D eigenvalue weighted by atomic mass is 16.2. The Hall–Kier alpha value is -5.80. The van der Waals surface area contributed by atoms with Crippen molar-refractivity contribution in [3.8, 4) is 11.8 Å². The SMILES string of the molecule is CN1CCC[C@@H]1c1cc2cnc(NC(=O)c3ccc4c(C5CC5)nn(CCCCCCCC#Cc5cccc6c5CN(C5CCC(=O)NC5=O)C6=O)c4c3)cc2[nH]1. The number of anilines is 1. The van der Waals surface area contributed by atoms with E-state index in [9.17, 15) is 19.2 Å². The molecule has 4 aliphatic rings. The Bertz CT molecular complexity index is 2470. The largest absolute Gasteiger partial charge is 0.357 e. The van der Waals surface area contributed by atoms with Gasteiger partial charge in [0.25, 0.3) is 11.8 Å². The number of amides is 4. The molecule has 6 heterocycles. The van der Waals surface area contributed by atoms with Gasteiger partial charge >= 0.3 is 0 Å². The average Bonchev–Trinajstić information content (AvgIpc) is 3.47. The van der Waals surface area contributed by atoms with Gasteiger partial charge < -0.3 is 15.2 Å². The van der Waals surface area contributed by atoms with Gasteiger partial charge in [-0.25, -0.2) is 4.98 Å². The number of imide groups is 1. The second kappa shape index (κ2) is 15.6. The Morgan fingerprint density at radius 3 is 2.65 bits per heavy atom. The first-order valence-corrected chi connectivity index (χ1v) is 20.6. The molecule has 2 aromatic carbocycles. The Labute approximate surface area is 331 Å². The monoisotopic (exact) mass is 764 g/mol. The molecule has 3 fully saturated rings. The maximum atomic E-state index is 13.5. The molecule has 3 aromatic heterocycles. The van der Waals surface area contributed by atoms with Crippen LogP contribution < -0.4 is 10.6 Å². The van der Waals surface area contributed by atoms with Crippen LogP contribution in [0.5, 0.6) is 0 Å². The molecule has 1 unspecified atom stereocenters. The molecule has 0 bridgehead atoms. The van der Waals surface area contributed by atoms with Crippen LogP contribution in [0, 0.1) is 11.8 Å². The minimum absolute atomic E-state index is 0.180. The molecule has 57 heavy (non-hydrogen) atoms. The number of likely N-dealkylation sites (tertiary alicyclic amines) is 1. The molecule has 3 aliphatic heterocycles. The minimum atomic E-state index is -0.632. The normalized spacial score (nSPS) is 19.6. The van der Waals surface area contributed by atoms with Gasteiger partial charge in [-0.3, -0.25) is 34.1 Å². The van der Waals surface area contributed by atoms with Crippen LogP contribution in [0.25, 0.3) is 21.8 Å². The number of unbranched alkanes of at least 4 members (excludes halogenated alkanes) is 5. The van der Waals surface area contributed by atoms with Crippen molar-refractivity contribution in [1.82, 2.24) is 34.9 Å². The summed E-state index contributed by atoms with van der Waals surface area (Å²) in [5, 5.41) is 12.6. The van der Waals surface area contributed by atoms with Gasteiger partial charge in [-0.05, 0) is 94.4 Å². The van der Waals surface area contributed by atoms with Crippen LogP contribution in [0.4, 0.5) is 5.82 Å². The Balaban J connectivity index is 0.773. The molecule has 12 heteroatoms. The summed E-state index contributed by atoms with van der Waals surface area (Å²) in [6, 6.07) is 15.4. The molecule has 3 N–H and O–H groups in total. The third kappa shape index (κ3) is 7.56. The van der Waals surface area contributed by atoms with Crippen molar-refractivity contribution in [2.45, 2.75) is 108 Å². The first-order valence-electron chi connectivity index (χ1n) is 20.6. The third-order valence-electron chi connectivity index (χ3n) is 12.1. The fourth-order valence-corrected chi connectivity index (χ4v) is 8.82. The first-order chi connectivity index (χ1) is 27.8. The van der Waals surface area contributed by atoms with Gasteiger partial charge in [0.05, 0.1) is 16.7 Å². The number of rotatable bonds is 12. The number of nitrogens with zero attached hydrogens (tertiary/aromatic N) is 5. The number of H-pyrrole nitrogens is 1. The van der Waals surface area contributed by atoms with E-state index in [1.807, 2.05) is 36.5 Å². The number of fused-ring (bicyclic) bond motifs is 3. The van der Waals surface area contributed by atoms with Gasteiger partial charge in [-0.1, -0.05) is 43.2 Å². The van der Waals surface area contributed by atoms with Crippen molar-refractivity contribution in [2.75, 3.05) is 18.9 Å². The molecular weight excluding hydrogens is 717 g/mol. The van der Waals surface area contributed by atoms with Crippen LogP contribution in [0.15, 0.2) is 54.7 Å². The third-order valence-corrected chi connectivity index (χ3v) is 12.1. The van der Waals surface area contributed by atoms with E-state index < -0.39 is 11.9 Å². The molecule has 9 rings (SSSR count). The maximum absolute atomic E-state index is 13.5. The highest BCUT2D eigenvalue weighted by Gasteiger charge is 2.39. The summed E-state index contributed by atoms with van der Waals surface area (Å²) >= 11 is 0. The lowest BCUT2D eigenvalue weighted by molar-refractivity contribution is -0.136. The smallest absolute Gasteiger partial charge is 0.256 e. The number of hydrogen-bond donors (Lipinski definition) is 3. The van der Waals surface area contributed by atoms with Gasteiger partial charge in [0.2, 0.25) is 11.8 Å². The van der Waals surface area contributed by atoms with E-state index in [4.69, 9.17) is 5.10 Å². The quantitative estimate of drug-likeness (QED) is 0.0708. The lowest BCUT2D eigenvalue weighted by atomic mass is 10.0. The van der Waals surface area contributed by atoms with Crippen LogP contribution in [0.1, 0.15) is 132 Å². The van der Waals surface area contributed by atoms with Crippen LogP contribution >= 0.6 is 0 Å². The Kier molecular flexibility index (Phi) is 10.1. The number of hydrogen-bond acceptors (Lipinski definition) is 7. The predicted molar refractivity (Wildman–Crippen MR) is 217 cm³/mol. The number of piperidine rings is 1. The van der Waals surface area contributed by atoms with Crippen molar-refractivity contribution in [3.63, 3.8) is 0 Å². The average molecular weight is 765 g/mol. The molecule has 2 saturated heterocycles. The number of aromatic amines is 1. The highest BCUT2D eigenvalue weighted by Crippen LogP contribution is 2.43. The zero-order chi connectivity index (χ0) is 39.0. The predicted octanol–water partition coefficient (Wildman–Crippen LogP) is 6.96. The molecule has 292 valence electrons. The molecule has 0 spiro atoms. The van der Waals surface area contributed by atoms with Crippen molar-refractivity contribution in [3.05, 3.63) is 88.4 Å². The summed E-state index contributed by atoms with van der Waals surface area (Å²) in [7, 11) is 2.16. The second-order valence-electron chi connectivity index (χ2n) is 16.1. The highest BCUT2D eigenvalue weighted by molar-refractivity contribution is 6.07. The lowest BCUT2D eigenvalue weighted by Gasteiger charge is -2.29. The van der Waals surface area contributed by atoms with E-state index in [0.717, 1.165) is 110 Å². The van der Waals surface area contributed by atoms with Crippen molar-refractivity contribution in [2.24, 2.45) is 0 Å². The number of carbonyl (C=O) groups excluding carboxylic acids is 4. The molecule has 4 amide bonds. The molecule has 12 nitrogen and oxygen atoms in total. The van der Waals surface area contributed by atoms with E-state index >= 15 is 0 Å². The van der Waals surface area contributed by atoms with Gasteiger partial charge in [-0.2, -0.15) is 5.10 Å². The molecule has 0 radical (unpaired) electrons. The number of aryl methyl sites for hydroxylation is 1. The minimum Gasteiger partial charge on any atom is -0.357 e. The van der Waals surface area contributed by atoms with Crippen molar-refractivity contribution >= 4 is 51.3 Å². The number of benzene rings is 2. The Morgan fingerprint density at radius 2 is 1.82 bits per heavy atom. The summed E-state index contributed by atoms with van der Waals surface area (Å²) in [5.74, 6) is 6.55. The van der Waals surface area contributed by atoms with E-state index in [2.05, 4.69) is 61.2 Å². The van der Waals surface area contributed by atoms with Crippen LogP contribution in [0.3, 0.4) is 0 Å². The summed E-state index contributed by atoms with van der Waals surface area (Å²) in [6.45, 7) is 2.23. The van der Waals surface area contributed by atoms with Crippen molar-refractivity contribution in [1.29, 1.82) is 0 Å². The van der Waals surface area contributed by atoms with Crippen molar-refractivity contribution < 1.29 is 19.2 Å². The summed E-state index contributed by atoms with van der Waals surface area (Å²) in [4.78, 5) is 62.8. The topological polar surface area (TPSA) is 145 Å². The zero-order valence-electron chi connectivity index (χ0n) is 32.4. The van der Waals surface area contributed by atoms with E-state index in [0.29, 0.717) is 41.9 Å². The van der Waals surface area contributed by atoms with Gasteiger partial charge in [-0.15, -0.1) is 0 Å². The van der Waals surface area contributed by atoms with Crippen LogP contribution in [-0.2, 0) is 22.7 Å². The number of pyridine rings is 1. The fourth-order valence-electron chi connectivity index (χ4n) is 8.82. The molecule has 1 aliphatic carbocycles. The van der Waals surface area contributed by atoms with E-state index in [1.165, 1.54) is 12.1 Å². The van der Waals surface area contributed by atoms with E-state index in [-0.39, 0.29) is 24.1 Å². The molecule has 2 atom stereocenters. The summed E-state index contributed by atoms with van der Waals surface area (Å²) < 4.78 is 2.10. The second-order valence-corrected chi connectivity index (χ2v) is 16.1. The zero-order valence-corrected chi connectivity index (χ0v) is 32.4. The fraction of sp³-hybridized carbons (Fsp3) is 0.422. The lowest BCUT2D eigenvalue weighted by Crippen LogP contribution is -2.52. The van der Waals surface area contributed by atoms with E-state index in [1.54, 1.807) is 11.0 Å². The Morgan fingerprint density at radius 1 is 0.965 bits per heavy atom.